The molecule has 168 valence electrons. The van der Waals surface area contributed by atoms with Gasteiger partial charge in [0.1, 0.15) is 6.10 Å². The van der Waals surface area contributed by atoms with E-state index in [9.17, 15) is 9.59 Å². The van der Waals surface area contributed by atoms with Gasteiger partial charge in [-0.15, -0.1) is 0 Å². The van der Waals surface area contributed by atoms with Crippen LogP contribution in [0, 0.1) is 23.7 Å². The number of nitrogens with zero attached hydrogens (tertiary/aromatic N) is 1. The maximum absolute atomic E-state index is 13.6. The number of piperidine rings is 2. The Morgan fingerprint density at radius 2 is 1.87 bits per heavy atom. The molecule has 9 unspecified atom stereocenters. The second-order valence-corrected chi connectivity index (χ2v) is 10.8. The quantitative estimate of drug-likeness (QED) is 0.737. The zero-order chi connectivity index (χ0) is 21.0. The Morgan fingerprint density at radius 3 is 2.67 bits per heavy atom. The van der Waals surface area contributed by atoms with Crippen molar-refractivity contribution in [2.75, 3.05) is 6.54 Å². The normalized spacial score (nSPS) is 43.6. The van der Waals surface area contributed by atoms with Gasteiger partial charge in [0.25, 0.3) is 0 Å². The molecule has 5 aliphatic rings. The molecule has 3 saturated heterocycles. The summed E-state index contributed by atoms with van der Waals surface area (Å²) in [6.45, 7) is 6.91. The van der Waals surface area contributed by atoms with Crippen molar-refractivity contribution < 1.29 is 14.3 Å². The molecule has 2 N–H and O–H groups in total. The van der Waals surface area contributed by atoms with E-state index in [1.54, 1.807) is 0 Å². The third-order valence-corrected chi connectivity index (χ3v) is 8.76. The molecule has 5 rings (SSSR count). The van der Waals surface area contributed by atoms with Crippen LogP contribution in [0.25, 0.3) is 0 Å². The molecule has 0 radical (unpaired) electrons. The maximum atomic E-state index is 13.6. The van der Waals surface area contributed by atoms with E-state index < -0.39 is 6.10 Å². The first-order valence-electron chi connectivity index (χ1n) is 12.5. The number of fused-ring (bicyclic) bond motifs is 5. The predicted octanol–water partition coefficient (Wildman–Crippen LogP) is 2.46. The van der Waals surface area contributed by atoms with Crippen molar-refractivity contribution in [1.82, 2.24) is 15.5 Å². The van der Waals surface area contributed by atoms with Gasteiger partial charge < -0.3 is 20.3 Å². The molecule has 3 aliphatic heterocycles. The second-order valence-electron chi connectivity index (χ2n) is 10.8. The number of rotatable bonds is 4. The molecule has 2 aliphatic carbocycles. The number of nitrogens with one attached hydrogen (secondary N) is 2. The van der Waals surface area contributed by atoms with Gasteiger partial charge in [0.2, 0.25) is 11.8 Å². The van der Waals surface area contributed by atoms with Crippen LogP contribution in [0.5, 0.6) is 0 Å². The van der Waals surface area contributed by atoms with Crippen molar-refractivity contribution >= 4 is 11.8 Å². The van der Waals surface area contributed by atoms with E-state index >= 15 is 0 Å². The van der Waals surface area contributed by atoms with Crippen LogP contribution >= 0.6 is 0 Å². The van der Waals surface area contributed by atoms with Crippen LogP contribution in [0.4, 0.5) is 0 Å². The lowest BCUT2D eigenvalue weighted by Gasteiger charge is -2.52. The van der Waals surface area contributed by atoms with Gasteiger partial charge in [0, 0.05) is 24.0 Å². The molecule has 0 aromatic carbocycles. The molecule has 2 amide bonds. The summed E-state index contributed by atoms with van der Waals surface area (Å²) in [5, 5.41) is 6.81. The predicted molar refractivity (Wildman–Crippen MR) is 115 cm³/mol. The van der Waals surface area contributed by atoms with Crippen LogP contribution in [-0.4, -0.2) is 59.6 Å². The Morgan fingerprint density at radius 1 is 1.07 bits per heavy atom. The van der Waals surface area contributed by atoms with Crippen LogP contribution in [0.1, 0.15) is 72.1 Å². The molecule has 30 heavy (non-hydrogen) atoms. The van der Waals surface area contributed by atoms with Gasteiger partial charge in [-0.25, -0.2) is 0 Å². The van der Waals surface area contributed by atoms with E-state index in [0.29, 0.717) is 41.8 Å². The molecule has 9 atom stereocenters. The number of carbonyl (C=O) groups is 2. The molecule has 2 saturated carbocycles. The van der Waals surface area contributed by atoms with E-state index in [1.807, 2.05) is 20.8 Å². The number of hydrogen-bond donors (Lipinski definition) is 2. The van der Waals surface area contributed by atoms with Crippen LogP contribution in [0.2, 0.25) is 0 Å². The Bertz CT molecular complexity index is 683. The summed E-state index contributed by atoms with van der Waals surface area (Å²) in [5.74, 6) is 2.37. The average Bonchev–Trinajstić information content (AvgIpc) is 3.06. The van der Waals surface area contributed by atoms with Gasteiger partial charge in [0.15, 0.2) is 0 Å². The highest BCUT2D eigenvalue weighted by atomic mass is 16.5. The number of hydrogen-bond acceptors (Lipinski definition) is 4. The Kier molecular flexibility index (Phi) is 5.59. The van der Waals surface area contributed by atoms with Crippen molar-refractivity contribution in [3.8, 4) is 0 Å². The SMILES string of the molecule is CC(C)NC(=O)C(C)OC1CCC2C(C1)C1CCNC3C4CCCCC4C(=O)N2C13. The molecule has 5 fully saturated rings. The summed E-state index contributed by atoms with van der Waals surface area (Å²) in [4.78, 5) is 28.3. The van der Waals surface area contributed by atoms with Crippen molar-refractivity contribution in [2.24, 2.45) is 23.7 Å². The van der Waals surface area contributed by atoms with Gasteiger partial charge in [-0.2, -0.15) is 0 Å². The molecule has 3 heterocycles. The summed E-state index contributed by atoms with van der Waals surface area (Å²) in [5.41, 5.74) is 0. The average molecular weight is 418 g/mol. The third kappa shape index (κ3) is 3.38. The van der Waals surface area contributed by atoms with E-state index in [1.165, 1.54) is 25.7 Å². The van der Waals surface area contributed by atoms with Gasteiger partial charge in [-0.05, 0) is 83.6 Å². The lowest BCUT2D eigenvalue weighted by atomic mass is 9.66. The summed E-state index contributed by atoms with van der Waals surface area (Å²) in [6.07, 6.45) is 8.65. The first kappa shape index (κ1) is 20.7. The summed E-state index contributed by atoms with van der Waals surface area (Å²) >= 11 is 0. The third-order valence-electron chi connectivity index (χ3n) is 8.76. The monoisotopic (exact) mass is 417 g/mol. The van der Waals surface area contributed by atoms with Gasteiger partial charge in [-0.3, -0.25) is 9.59 Å². The van der Waals surface area contributed by atoms with E-state index in [-0.39, 0.29) is 24.0 Å². The smallest absolute Gasteiger partial charge is 0.249 e. The lowest BCUT2D eigenvalue weighted by molar-refractivity contribution is -0.152. The fourth-order valence-electron chi connectivity index (χ4n) is 7.68. The van der Waals surface area contributed by atoms with Gasteiger partial charge in [0.05, 0.1) is 12.1 Å². The first-order chi connectivity index (χ1) is 14.5. The Hall–Kier alpha value is -1.14. The van der Waals surface area contributed by atoms with Crippen molar-refractivity contribution in [3.63, 3.8) is 0 Å². The van der Waals surface area contributed by atoms with E-state index in [0.717, 1.165) is 32.2 Å². The van der Waals surface area contributed by atoms with Crippen LogP contribution < -0.4 is 10.6 Å². The van der Waals surface area contributed by atoms with Crippen LogP contribution in [0.3, 0.4) is 0 Å². The van der Waals surface area contributed by atoms with Gasteiger partial charge >= 0.3 is 0 Å². The van der Waals surface area contributed by atoms with Crippen molar-refractivity contribution in [3.05, 3.63) is 0 Å². The molecular formula is C24H39N3O3. The minimum Gasteiger partial charge on any atom is -0.365 e. The topological polar surface area (TPSA) is 70.7 Å². The second kappa shape index (κ2) is 8.09. The summed E-state index contributed by atoms with van der Waals surface area (Å²) < 4.78 is 6.24. The lowest BCUT2D eigenvalue weighted by Crippen LogP contribution is -2.66. The molecule has 6 nitrogen and oxygen atoms in total. The summed E-state index contributed by atoms with van der Waals surface area (Å²) in [6, 6.07) is 1.40. The standard InChI is InChI=1S/C24H39N3O3/c1-13(2)26-23(28)14(3)30-15-8-9-20-19(12-15)17-10-11-25-21-16-6-4-5-7-18(16)24(29)27(20)22(17)21/h13-22,25H,4-12H2,1-3H3,(H,26,28). The highest BCUT2D eigenvalue weighted by molar-refractivity contribution is 5.82. The zero-order valence-electron chi connectivity index (χ0n) is 18.8. The fraction of sp³-hybridized carbons (Fsp3) is 0.917. The highest BCUT2D eigenvalue weighted by Gasteiger charge is 2.61. The van der Waals surface area contributed by atoms with Crippen LogP contribution in [-0.2, 0) is 14.3 Å². The van der Waals surface area contributed by atoms with Crippen LogP contribution in [0.15, 0.2) is 0 Å². The molecule has 0 spiro atoms. The molecule has 0 aromatic rings. The Labute approximate surface area is 180 Å². The Balaban J connectivity index is 1.32. The van der Waals surface area contributed by atoms with Gasteiger partial charge in [-0.1, -0.05) is 12.8 Å². The number of ether oxygens (including phenoxy) is 1. The minimum absolute atomic E-state index is 0.0165. The number of carbonyl (C=O) groups excluding carboxylic acids is 2. The van der Waals surface area contributed by atoms with Crippen molar-refractivity contribution in [1.29, 1.82) is 0 Å². The van der Waals surface area contributed by atoms with E-state index in [4.69, 9.17) is 4.74 Å². The van der Waals surface area contributed by atoms with E-state index in [2.05, 4.69) is 15.5 Å². The molecule has 0 bridgehead atoms. The van der Waals surface area contributed by atoms with Crippen molar-refractivity contribution in [2.45, 2.75) is 109 Å². The maximum Gasteiger partial charge on any atom is 0.249 e. The first-order valence-corrected chi connectivity index (χ1v) is 12.5. The highest BCUT2D eigenvalue weighted by Crippen LogP contribution is 2.54. The summed E-state index contributed by atoms with van der Waals surface area (Å²) in [7, 11) is 0. The molecule has 6 heteroatoms. The molecule has 0 aromatic heterocycles. The fourth-order valence-corrected chi connectivity index (χ4v) is 7.68. The number of amides is 2. The largest absolute Gasteiger partial charge is 0.365 e. The zero-order valence-corrected chi connectivity index (χ0v) is 18.8. The molecular weight excluding hydrogens is 378 g/mol. The minimum atomic E-state index is -0.414.